The number of carbonyl (C=O) groups excluding carboxylic acids is 4. The van der Waals surface area contributed by atoms with Crippen LogP contribution in [0.15, 0.2) is 97.0 Å². The highest BCUT2D eigenvalue weighted by Crippen LogP contribution is 2.27. The molecule has 0 saturated carbocycles. The van der Waals surface area contributed by atoms with Gasteiger partial charge in [0.1, 0.15) is 11.5 Å². The molecule has 0 saturated heterocycles. The summed E-state index contributed by atoms with van der Waals surface area (Å²) in [5.41, 5.74) is 5.00. The average Bonchev–Trinajstić information content (AvgIpc) is 4.03. The van der Waals surface area contributed by atoms with Gasteiger partial charge in [-0.25, -0.2) is 24.5 Å². The molecule has 0 radical (unpaired) electrons. The summed E-state index contributed by atoms with van der Waals surface area (Å²) in [4.78, 5) is 83.9. The van der Waals surface area contributed by atoms with Crippen molar-refractivity contribution in [3.8, 4) is 0 Å². The first-order valence-corrected chi connectivity index (χ1v) is 17.3. The molecule has 7 aromatic heterocycles. The maximum Gasteiger partial charge on any atom is 0.259 e. The van der Waals surface area contributed by atoms with Gasteiger partial charge in [0.2, 0.25) is 0 Å². The van der Waals surface area contributed by atoms with Gasteiger partial charge in [0.05, 0.1) is 51.3 Å². The number of aromatic nitrogens is 8. The molecule has 4 aliphatic heterocycles. The minimum atomic E-state index is -0.0637. The van der Waals surface area contributed by atoms with E-state index in [0.29, 0.717) is 70.9 Å². The zero-order valence-corrected chi connectivity index (χ0v) is 28.9. The molecule has 0 amide bonds. The van der Waals surface area contributed by atoms with Crippen molar-refractivity contribution in [2.45, 2.75) is 25.7 Å². The highest BCUT2D eigenvalue weighted by molar-refractivity contribution is 7.09. The third kappa shape index (κ3) is 7.63. The summed E-state index contributed by atoms with van der Waals surface area (Å²) in [5, 5.41) is 14.8. The van der Waals surface area contributed by atoms with Gasteiger partial charge in [0.15, 0.2) is 34.8 Å². The van der Waals surface area contributed by atoms with Gasteiger partial charge in [0.25, 0.3) is 5.56 Å². The van der Waals surface area contributed by atoms with Crippen molar-refractivity contribution in [2.24, 2.45) is 20.0 Å². The van der Waals surface area contributed by atoms with E-state index < -0.39 is 0 Å². The van der Waals surface area contributed by atoms with Crippen LogP contribution in [-0.2, 0) is 0 Å². The Morgan fingerprint density at radius 3 is 2.19 bits per heavy atom. The topological polar surface area (TPSA) is 241 Å². The Balaban J connectivity index is 0.000000105. The molecule has 4 N–H and O–H groups in total. The van der Waals surface area contributed by atoms with Crippen LogP contribution in [0.4, 0.5) is 23.1 Å². The van der Waals surface area contributed by atoms with Gasteiger partial charge in [-0.1, -0.05) is 0 Å². The SMILES string of the molecule is O=C1CC=Nc2[nH]ccc21.O=C1CC=Nc2[nH]ncc21.O=C1CC=Nc2c1cc1cccnn21.O=C1CC=Nc2cc[nH]c21.O=c1[nH]cnc2cscc12. The van der Waals surface area contributed by atoms with Crippen LogP contribution in [0.5, 0.6) is 0 Å². The summed E-state index contributed by atoms with van der Waals surface area (Å²) in [6, 6.07) is 9.14. The Labute approximate surface area is 307 Å². The second kappa shape index (κ2) is 15.9. The van der Waals surface area contributed by atoms with Crippen molar-refractivity contribution in [2.75, 3.05) is 0 Å². The van der Waals surface area contributed by atoms with E-state index in [0.717, 1.165) is 16.7 Å². The van der Waals surface area contributed by atoms with E-state index in [4.69, 9.17) is 0 Å². The maximum atomic E-state index is 11.5. The van der Waals surface area contributed by atoms with Crippen LogP contribution in [0, 0.1) is 0 Å². The standard InChI is InChI=1S/C10H7N3O.2C7H6N2O.C6H5N3O.C6H4N2OS/c14-9-3-5-11-10-8(9)6-7-2-1-4-12-13(7)10;10-6-2-4-8-5-1-3-9-7(5)6;10-6-2-4-9-7-5(6)1-3-8-7;10-5-1-2-7-6-4(5)3-8-9-6;9-6-4-1-10-2-5(4)7-3-8-6/h1-2,4-6H,3H2;1,3-4,9H,2H2;1,3-4,8H,2H2;2-3H,1H2,(H,8,9);1-3H,(H,7,8,9). The number of hydrogen-bond acceptors (Lipinski definition) is 13. The second-order valence-electron chi connectivity index (χ2n) is 11.5. The molecule has 0 unspecified atom stereocenters. The molecule has 54 heavy (non-hydrogen) atoms. The van der Waals surface area contributed by atoms with Gasteiger partial charge in [-0.2, -0.15) is 10.2 Å². The molecule has 18 heteroatoms. The fourth-order valence-electron chi connectivity index (χ4n) is 5.40. The smallest absolute Gasteiger partial charge is 0.259 e. The molecule has 11 rings (SSSR count). The van der Waals surface area contributed by atoms with Gasteiger partial charge >= 0.3 is 0 Å². The molecule has 0 fully saturated rings. The van der Waals surface area contributed by atoms with Crippen molar-refractivity contribution in [1.82, 2.24) is 39.7 Å². The van der Waals surface area contributed by atoms with Crippen molar-refractivity contribution in [3.63, 3.8) is 0 Å². The predicted molar refractivity (Wildman–Crippen MR) is 204 cm³/mol. The maximum absolute atomic E-state index is 11.5. The number of nitrogens with zero attached hydrogens (tertiary/aromatic N) is 8. The number of Topliss-reactive ketones (excluding diaryl/α,β-unsaturated/α-hetero) is 4. The lowest BCUT2D eigenvalue weighted by Gasteiger charge is -2.02. The average molecular weight is 741 g/mol. The molecule has 268 valence electrons. The van der Waals surface area contributed by atoms with Crippen LogP contribution < -0.4 is 5.56 Å². The molecule has 11 heterocycles. The third-order valence-electron chi connectivity index (χ3n) is 8.04. The minimum absolute atomic E-state index is 0.0637. The lowest BCUT2D eigenvalue weighted by Crippen LogP contribution is -2.03. The van der Waals surface area contributed by atoms with E-state index in [9.17, 15) is 24.0 Å². The molecule has 0 spiro atoms. The van der Waals surface area contributed by atoms with Crippen molar-refractivity contribution in [3.05, 3.63) is 105 Å². The zero-order valence-electron chi connectivity index (χ0n) is 28.1. The Hall–Kier alpha value is -7.34. The lowest BCUT2D eigenvalue weighted by atomic mass is 10.1. The van der Waals surface area contributed by atoms with Gasteiger partial charge in [-0.05, 0) is 30.3 Å². The predicted octanol–water partition coefficient (Wildman–Crippen LogP) is 5.91. The highest BCUT2D eigenvalue weighted by Gasteiger charge is 2.19. The molecular weight excluding hydrogens is 713 g/mol. The monoisotopic (exact) mass is 740 g/mol. The number of aromatic amines is 4. The summed E-state index contributed by atoms with van der Waals surface area (Å²) in [7, 11) is 0. The van der Waals surface area contributed by atoms with Crippen molar-refractivity contribution >= 4 is 98.9 Å². The van der Waals surface area contributed by atoms with E-state index in [1.807, 2.05) is 23.6 Å². The molecule has 17 nitrogen and oxygen atoms in total. The summed E-state index contributed by atoms with van der Waals surface area (Å²) in [6.45, 7) is 0. The van der Waals surface area contributed by atoms with E-state index in [-0.39, 0.29) is 28.7 Å². The normalized spacial score (nSPS) is 14.3. The van der Waals surface area contributed by atoms with Crippen LogP contribution in [0.25, 0.3) is 16.4 Å². The second-order valence-corrected chi connectivity index (χ2v) is 12.3. The Morgan fingerprint density at radius 1 is 0.685 bits per heavy atom. The molecule has 7 aromatic rings. The first-order valence-electron chi connectivity index (χ1n) is 16.3. The first-order chi connectivity index (χ1) is 26.4. The third-order valence-corrected chi connectivity index (χ3v) is 8.77. The van der Waals surface area contributed by atoms with Gasteiger partial charge < -0.3 is 15.0 Å². The number of thiophene rings is 1. The fraction of sp³-hybridized carbons (Fsp3) is 0.111. The van der Waals surface area contributed by atoms with E-state index in [1.54, 1.807) is 65.5 Å². The molecule has 0 aromatic carbocycles. The van der Waals surface area contributed by atoms with Crippen LogP contribution in [0.3, 0.4) is 0 Å². The number of H-pyrrole nitrogens is 4. The number of ketones is 4. The van der Waals surface area contributed by atoms with Crippen LogP contribution >= 0.6 is 11.3 Å². The van der Waals surface area contributed by atoms with Crippen LogP contribution in [-0.4, -0.2) is 87.7 Å². The number of fused-ring (bicyclic) bond motifs is 7. The summed E-state index contributed by atoms with van der Waals surface area (Å²) in [6.07, 6.45) is 16.2. The summed E-state index contributed by atoms with van der Waals surface area (Å²) >= 11 is 1.48. The highest BCUT2D eigenvalue weighted by atomic mass is 32.1. The van der Waals surface area contributed by atoms with Crippen LogP contribution in [0.1, 0.15) is 67.2 Å². The van der Waals surface area contributed by atoms with Gasteiger partial charge in [0, 0.05) is 79.9 Å². The van der Waals surface area contributed by atoms with Crippen LogP contribution in [0.2, 0.25) is 0 Å². The van der Waals surface area contributed by atoms with Gasteiger partial charge in [-0.3, -0.25) is 34.1 Å². The Morgan fingerprint density at radius 2 is 1.41 bits per heavy atom. The zero-order chi connectivity index (χ0) is 37.4. The largest absolute Gasteiger partial charge is 0.357 e. The molecular formula is C36H28N12O5S. The number of rotatable bonds is 0. The molecule has 0 aliphatic carbocycles. The minimum Gasteiger partial charge on any atom is -0.357 e. The number of aliphatic imine (C=N–C) groups is 4. The molecule has 4 aliphatic rings. The van der Waals surface area contributed by atoms with E-state index >= 15 is 0 Å². The Bertz CT molecular complexity index is 2550. The summed E-state index contributed by atoms with van der Waals surface area (Å²) in [5.74, 6) is 2.38. The fourth-order valence-corrected chi connectivity index (χ4v) is 6.15. The number of hydrogen-bond donors (Lipinski definition) is 4. The Kier molecular flexibility index (Phi) is 10.3. The van der Waals surface area contributed by atoms with E-state index in [2.05, 4.69) is 55.2 Å². The van der Waals surface area contributed by atoms with Crippen molar-refractivity contribution < 1.29 is 19.2 Å². The van der Waals surface area contributed by atoms with Gasteiger partial charge in [-0.15, -0.1) is 11.3 Å². The lowest BCUT2D eigenvalue weighted by molar-refractivity contribution is 0.0989. The molecule has 0 bridgehead atoms. The number of nitrogens with one attached hydrogen (secondary N) is 4. The summed E-state index contributed by atoms with van der Waals surface area (Å²) < 4.78 is 1.68. The van der Waals surface area contributed by atoms with Crippen molar-refractivity contribution in [1.29, 1.82) is 0 Å². The number of carbonyl (C=O) groups is 4. The first kappa shape index (κ1) is 35.1. The molecule has 0 atom stereocenters. The quantitative estimate of drug-likeness (QED) is 0.145. The van der Waals surface area contributed by atoms with E-state index in [1.165, 1.54) is 23.9 Å².